The molecule has 2 rings (SSSR count). The topological polar surface area (TPSA) is 104 Å². The number of aromatic carboxylic acids is 1. The third kappa shape index (κ3) is 1.73. The van der Waals surface area contributed by atoms with E-state index in [-0.39, 0.29) is 0 Å². The summed E-state index contributed by atoms with van der Waals surface area (Å²) in [5.41, 5.74) is -1.46. The normalized spacial score (nSPS) is 10.6. The predicted octanol–water partition coefficient (Wildman–Crippen LogP) is 1.73. The molecule has 6 nitrogen and oxygen atoms in total. The molecule has 0 spiro atoms. The van der Waals surface area contributed by atoms with Gasteiger partial charge in [0.1, 0.15) is 0 Å². The summed E-state index contributed by atoms with van der Waals surface area (Å²) in [5.74, 6) is -6.80. The van der Waals surface area contributed by atoms with E-state index in [0.29, 0.717) is 6.07 Å². The Morgan fingerprint density at radius 3 is 2.17 bits per heavy atom. The first-order valence-corrected chi connectivity index (χ1v) is 4.52. The molecule has 94 valence electrons. The minimum Gasteiger partial charge on any atom is -0.505 e. The molecular weight excluding hydrogens is 252 g/mol. The molecule has 0 aliphatic heterocycles. The van der Waals surface area contributed by atoms with E-state index in [1.165, 1.54) is 0 Å². The van der Waals surface area contributed by atoms with Gasteiger partial charge in [0.2, 0.25) is 0 Å². The summed E-state index contributed by atoms with van der Waals surface area (Å²) in [7, 11) is 0. The molecule has 1 aromatic carbocycles. The van der Waals surface area contributed by atoms with Gasteiger partial charge in [0, 0.05) is 12.1 Å². The Morgan fingerprint density at radius 1 is 1.17 bits per heavy atom. The highest BCUT2D eigenvalue weighted by Gasteiger charge is 2.24. The van der Waals surface area contributed by atoms with Gasteiger partial charge in [-0.15, -0.1) is 0 Å². The largest absolute Gasteiger partial charge is 0.505 e. The quantitative estimate of drug-likeness (QED) is 0.756. The molecule has 0 amide bonds. The van der Waals surface area contributed by atoms with Crippen LogP contribution in [0.4, 0.5) is 8.78 Å². The Kier molecular flexibility index (Phi) is 2.62. The van der Waals surface area contributed by atoms with Crippen molar-refractivity contribution in [1.29, 1.82) is 0 Å². The van der Waals surface area contributed by atoms with Crippen molar-refractivity contribution in [3.63, 3.8) is 0 Å². The summed E-state index contributed by atoms with van der Waals surface area (Å²) >= 11 is 0. The molecule has 0 saturated heterocycles. The second-order valence-corrected chi connectivity index (χ2v) is 3.30. The first-order chi connectivity index (χ1) is 8.41. The van der Waals surface area contributed by atoms with Crippen LogP contribution in [0.3, 0.4) is 0 Å². The lowest BCUT2D eigenvalue weighted by Gasteiger charge is -2.04. The lowest BCUT2D eigenvalue weighted by atomic mass is 10.1. The molecule has 0 bridgehead atoms. The van der Waals surface area contributed by atoms with Crippen LogP contribution >= 0.6 is 0 Å². The SMILES string of the molecule is O=C(O)c1cc(-c2c(F)c(O)cc(O)c2F)on1. The average Bonchev–Trinajstić information content (AvgIpc) is 2.76. The van der Waals surface area contributed by atoms with Crippen molar-refractivity contribution in [3.05, 3.63) is 29.5 Å². The summed E-state index contributed by atoms with van der Waals surface area (Å²) < 4.78 is 31.5. The Bertz CT molecular complexity index is 611. The summed E-state index contributed by atoms with van der Waals surface area (Å²) in [6.07, 6.45) is 0. The standard InChI is InChI=1S/C10H5F2NO5/c11-8-4(14)2-5(15)9(12)7(8)6-1-3(10(16)17)13-18-6/h1-2,14-15H,(H,16,17). The number of hydrogen-bond acceptors (Lipinski definition) is 5. The van der Waals surface area contributed by atoms with Gasteiger partial charge in [-0.1, -0.05) is 5.16 Å². The van der Waals surface area contributed by atoms with Gasteiger partial charge in [-0.05, 0) is 0 Å². The van der Waals surface area contributed by atoms with Crippen LogP contribution in [-0.2, 0) is 0 Å². The highest BCUT2D eigenvalue weighted by atomic mass is 19.1. The predicted molar refractivity (Wildman–Crippen MR) is 52.1 cm³/mol. The Labute approximate surface area is 97.7 Å². The molecule has 8 heteroatoms. The smallest absolute Gasteiger partial charge is 0.358 e. The summed E-state index contributed by atoms with van der Waals surface area (Å²) in [6, 6.07) is 1.24. The van der Waals surface area contributed by atoms with E-state index in [2.05, 4.69) is 9.68 Å². The summed E-state index contributed by atoms with van der Waals surface area (Å²) in [5, 5.41) is 29.9. The van der Waals surface area contributed by atoms with Gasteiger partial charge >= 0.3 is 5.97 Å². The number of carboxylic acid groups (broad SMARTS) is 1. The Balaban J connectivity index is 2.66. The molecule has 0 saturated carbocycles. The monoisotopic (exact) mass is 257 g/mol. The lowest BCUT2D eigenvalue weighted by molar-refractivity contribution is 0.0686. The first-order valence-electron chi connectivity index (χ1n) is 4.52. The van der Waals surface area contributed by atoms with Crippen molar-refractivity contribution in [2.45, 2.75) is 0 Å². The van der Waals surface area contributed by atoms with Crippen LogP contribution in [0.25, 0.3) is 11.3 Å². The van der Waals surface area contributed by atoms with Gasteiger partial charge in [0.05, 0.1) is 5.56 Å². The fourth-order valence-corrected chi connectivity index (χ4v) is 1.32. The molecule has 0 atom stereocenters. The van der Waals surface area contributed by atoms with Crippen LogP contribution in [0.15, 0.2) is 16.7 Å². The van der Waals surface area contributed by atoms with Crippen LogP contribution in [-0.4, -0.2) is 26.4 Å². The summed E-state index contributed by atoms with van der Waals surface area (Å²) in [4.78, 5) is 10.5. The first kappa shape index (κ1) is 11.8. The van der Waals surface area contributed by atoms with E-state index in [9.17, 15) is 13.6 Å². The second kappa shape index (κ2) is 3.99. The minimum absolute atomic E-state index is 0.475. The zero-order valence-corrected chi connectivity index (χ0v) is 8.52. The number of benzene rings is 1. The number of rotatable bonds is 2. The molecular formula is C10H5F2NO5. The average molecular weight is 257 g/mol. The van der Waals surface area contributed by atoms with Gasteiger partial charge in [-0.2, -0.15) is 0 Å². The number of halogens is 2. The van der Waals surface area contributed by atoms with Crippen molar-refractivity contribution >= 4 is 5.97 Å². The zero-order chi connectivity index (χ0) is 13.4. The lowest BCUT2D eigenvalue weighted by Crippen LogP contribution is -1.95. The molecule has 3 N–H and O–H groups in total. The number of aromatic hydroxyl groups is 2. The molecule has 1 heterocycles. The number of carbonyl (C=O) groups is 1. The number of aromatic nitrogens is 1. The highest BCUT2D eigenvalue weighted by Crippen LogP contribution is 2.36. The molecule has 0 unspecified atom stereocenters. The van der Waals surface area contributed by atoms with E-state index in [4.69, 9.17) is 15.3 Å². The zero-order valence-electron chi connectivity index (χ0n) is 8.52. The molecule has 0 aliphatic rings. The highest BCUT2D eigenvalue weighted by molar-refractivity contribution is 5.86. The molecule has 0 aliphatic carbocycles. The fourth-order valence-electron chi connectivity index (χ4n) is 1.32. The molecule has 1 aromatic heterocycles. The van der Waals surface area contributed by atoms with E-state index < -0.39 is 46.1 Å². The van der Waals surface area contributed by atoms with Gasteiger partial charge in [0.15, 0.2) is 34.6 Å². The van der Waals surface area contributed by atoms with E-state index in [1.807, 2.05) is 0 Å². The number of phenolic OH excluding ortho intramolecular Hbond substituents is 2. The van der Waals surface area contributed by atoms with Crippen molar-refractivity contribution in [3.8, 4) is 22.8 Å². The van der Waals surface area contributed by atoms with Crippen molar-refractivity contribution in [2.75, 3.05) is 0 Å². The Morgan fingerprint density at radius 2 is 1.72 bits per heavy atom. The molecule has 0 fully saturated rings. The van der Waals surface area contributed by atoms with Crippen molar-refractivity contribution in [1.82, 2.24) is 5.16 Å². The minimum atomic E-state index is -1.45. The van der Waals surface area contributed by atoms with E-state index >= 15 is 0 Å². The van der Waals surface area contributed by atoms with Crippen LogP contribution < -0.4 is 0 Å². The van der Waals surface area contributed by atoms with Crippen molar-refractivity contribution in [2.24, 2.45) is 0 Å². The number of hydrogen-bond donors (Lipinski definition) is 3. The number of phenols is 2. The fraction of sp³-hybridized carbons (Fsp3) is 0. The molecule has 18 heavy (non-hydrogen) atoms. The van der Waals surface area contributed by atoms with Gasteiger partial charge in [-0.25, -0.2) is 13.6 Å². The summed E-state index contributed by atoms with van der Waals surface area (Å²) in [6.45, 7) is 0. The Hall–Kier alpha value is -2.64. The third-order valence-electron chi connectivity index (χ3n) is 2.14. The second-order valence-electron chi connectivity index (χ2n) is 3.30. The van der Waals surface area contributed by atoms with Crippen molar-refractivity contribution < 1.29 is 33.4 Å². The maximum atomic E-state index is 13.5. The van der Waals surface area contributed by atoms with Crippen LogP contribution in [0.5, 0.6) is 11.5 Å². The van der Waals surface area contributed by atoms with Crippen LogP contribution in [0, 0.1) is 11.6 Å². The number of carboxylic acids is 1. The molecule has 0 radical (unpaired) electrons. The van der Waals surface area contributed by atoms with Crippen LogP contribution in [0.2, 0.25) is 0 Å². The van der Waals surface area contributed by atoms with Crippen LogP contribution in [0.1, 0.15) is 10.5 Å². The van der Waals surface area contributed by atoms with Gasteiger partial charge in [-0.3, -0.25) is 0 Å². The third-order valence-corrected chi connectivity index (χ3v) is 2.14. The maximum Gasteiger partial charge on any atom is 0.358 e. The number of nitrogens with zero attached hydrogens (tertiary/aromatic N) is 1. The van der Waals surface area contributed by atoms with E-state index in [1.54, 1.807) is 0 Å². The van der Waals surface area contributed by atoms with Gasteiger partial charge < -0.3 is 19.8 Å². The van der Waals surface area contributed by atoms with E-state index in [0.717, 1.165) is 6.07 Å². The molecule has 2 aromatic rings. The maximum absolute atomic E-state index is 13.5. The van der Waals surface area contributed by atoms with Gasteiger partial charge in [0.25, 0.3) is 0 Å².